The van der Waals surface area contributed by atoms with Crippen LogP contribution in [0.25, 0.3) is 0 Å². The van der Waals surface area contributed by atoms with Crippen molar-refractivity contribution in [3.8, 4) is 0 Å². The summed E-state index contributed by atoms with van der Waals surface area (Å²) in [7, 11) is 0. The molecule has 0 aliphatic rings. The SMILES string of the molecule is CCN(CC(C)C(N)=S)C(=O)c1cn[nH]c1C. The van der Waals surface area contributed by atoms with Crippen molar-refractivity contribution < 1.29 is 4.79 Å². The van der Waals surface area contributed by atoms with E-state index in [9.17, 15) is 4.79 Å². The van der Waals surface area contributed by atoms with E-state index in [4.69, 9.17) is 18.0 Å². The van der Waals surface area contributed by atoms with Gasteiger partial charge >= 0.3 is 0 Å². The highest BCUT2D eigenvalue weighted by molar-refractivity contribution is 7.80. The van der Waals surface area contributed by atoms with Gasteiger partial charge in [-0.25, -0.2) is 0 Å². The average Bonchev–Trinajstić information content (AvgIpc) is 2.70. The van der Waals surface area contributed by atoms with Crippen LogP contribution in [0.2, 0.25) is 0 Å². The third kappa shape index (κ3) is 3.26. The minimum atomic E-state index is -0.0400. The van der Waals surface area contributed by atoms with Crippen molar-refractivity contribution in [2.75, 3.05) is 13.1 Å². The molecule has 1 heterocycles. The standard InChI is InChI=1S/C11H18N4OS/c1-4-15(6-7(2)10(12)17)11(16)9-5-13-14-8(9)3/h5,7H,4,6H2,1-3H3,(H2,12,17)(H,13,14). The Labute approximate surface area is 106 Å². The zero-order chi connectivity index (χ0) is 13.0. The lowest BCUT2D eigenvalue weighted by Crippen LogP contribution is -2.38. The maximum Gasteiger partial charge on any atom is 0.257 e. The topological polar surface area (TPSA) is 75.0 Å². The van der Waals surface area contributed by atoms with E-state index in [1.165, 1.54) is 0 Å². The average molecular weight is 254 g/mol. The quantitative estimate of drug-likeness (QED) is 0.772. The van der Waals surface area contributed by atoms with Gasteiger partial charge < -0.3 is 10.6 Å². The van der Waals surface area contributed by atoms with E-state index in [-0.39, 0.29) is 11.8 Å². The first-order chi connectivity index (χ1) is 7.97. The Bertz CT molecular complexity index is 415. The van der Waals surface area contributed by atoms with Crippen LogP contribution < -0.4 is 5.73 Å². The van der Waals surface area contributed by atoms with Gasteiger partial charge in [-0.1, -0.05) is 19.1 Å². The minimum absolute atomic E-state index is 0.0149. The highest BCUT2D eigenvalue weighted by Gasteiger charge is 2.20. The van der Waals surface area contributed by atoms with E-state index in [0.29, 0.717) is 23.6 Å². The number of amides is 1. The van der Waals surface area contributed by atoms with Crippen LogP contribution in [-0.4, -0.2) is 39.1 Å². The molecule has 0 aromatic carbocycles. The molecule has 17 heavy (non-hydrogen) atoms. The van der Waals surface area contributed by atoms with Crippen LogP contribution in [0, 0.1) is 12.8 Å². The molecule has 1 aromatic rings. The molecular weight excluding hydrogens is 236 g/mol. The van der Waals surface area contributed by atoms with E-state index in [0.717, 1.165) is 5.69 Å². The minimum Gasteiger partial charge on any atom is -0.393 e. The van der Waals surface area contributed by atoms with Crippen LogP contribution in [0.3, 0.4) is 0 Å². The fourth-order valence-electron chi connectivity index (χ4n) is 1.51. The Morgan fingerprint density at radius 3 is 2.76 bits per heavy atom. The molecule has 0 radical (unpaired) electrons. The van der Waals surface area contributed by atoms with E-state index in [1.807, 2.05) is 20.8 Å². The zero-order valence-corrected chi connectivity index (χ0v) is 11.2. The first-order valence-electron chi connectivity index (χ1n) is 5.55. The summed E-state index contributed by atoms with van der Waals surface area (Å²) < 4.78 is 0. The second-order valence-corrected chi connectivity index (χ2v) is 4.53. The van der Waals surface area contributed by atoms with Crippen LogP contribution in [0.5, 0.6) is 0 Å². The summed E-state index contributed by atoms with van der Waals surface area (Å²) in [5.41, 5.74) is 6.94. The van der Waals surface area contributed by atoms with Crippen LogP contribution in [0.15, 0.2) is 6.20 Å². The smallest absolute Gasteiger partial charge is 0.257 e. The van der Waals surface area contributed by atoms with Gasteiger partial charge in [0.1, 0.15) is 0 Å². The van der Waals surface area contributed by atoms with Gasteiger partial charge in [0, 0.05) is 24.7 Å². The van der Waals surface area contributed by atoms with Gasteiger partial charge in [0.2, 0.25) is 0 Å². The van der Waals surface area contributed by atoms with E-state index >= 15 is 0 Å². The van der Waals surface area contributed by atoms with Crippen LogP contribution in [0.1, 0.15) is 29.9 Å². The van der Waals surface area contributed by atoms with Crippen molar-refractivity contribution in [3.63, 3.8) is 0 Å². The normalized spacial score (nSPS) is 12.2. The molecule has 1 atom stereocenters. The molecule has 0 aliphatic carbocycles. The molecule has 0 fully saturated rings. The molecule has 1 rings (SSSR count). The van der Waals surface area contributed by atoms with Gasteiger partial charge in [-0.15, -0.1) is 0 Å². The van der Waals surface area contributed by atoms with E-state index < -0.39 is 0 Å². The number of aromatic nitrogens is 2. The number of carbonyl (C=O) groups is 1. The maximum atomic E-state index is 12.2. The molecule has 1 unspecified atom stereocenters. The van der Waals surface area contributed by atoms with Gasteiger partial charge in [0.05, 0.1) is 16.7 Å². The number of aryl methyl sites for hydroxylation is 1. The van der Waals surface area contributed by atoms with Crippen LogP contribution in [-0.2, 0) is 0 Å². The fourth-order valence-corrected chi connectivity index (χ4v) is 1.59. The number of nitrogens with zero attached hydrogens (tertiary/aromatic N) is 2. The molecule has 0 spiro atoms. The Balaban J connectivity index is 2.78. The Kier molecular flexibility index (Phi) is 4.62. The first kappa shape index (κ1) is 13.6. The predicted molar refractivity (Wildman–Crippen MR) is 70.9 cm³/mol. The van der Waals surface area contributed by atoms with Crippen molar-refractivity contribution in [2.45, 2.75) is 20.8 Å². The van der Waals surface area contributed by atoms with E-state index in [1.54, 1.807) is 11.1 Å². The van der Waals surface area contributed by atoms with Crippen molar-refractivity contribution in [3.05, 3.63) is 17.5 Å². The van der Waals surface area contributed by atoms with Crippen LogP contribution in [0.4, 0.5) is 0 Å². The number of H-pyrrole nitrogens is 1. The lowest BCUT2D eigenvalue weighted by molar-refractivity contribution is 0.0754. The van der Waals surface area contributed by atoms with Gasteiger partial charge in [-0.2, -0.15) is 5.10 Å². The summed E-state index contributed by atoms with van der Waals surface area (Å²) >= 11 is 4.92. The summed E-state index contributed by atoms with van der Waals surface area (Å²) in [6.45, 7) is 6.83. The Morgan fingerprint density at radius 1 is 1.71 bits per heavy atom. The largest absolute Gasteiger partial charge is 0.393 e. The van der Waals surface area contributed by atoms with Crippen LogP contribution >= 0.6 is 12.2 Å². The monoisotopic (exact) mass is 254 g/mol. The number of hydrogen-bond acceptors (Lipinski definition) is 3. The van der Waals surface area contributed by atoms with E-state index in [2.05, 4.69) is 10.2 Å². The highest BCUT2D eigenvalue weighted by Crippen LogP contribution is 2.09. The molecule has 6 heteroatoms. The molecular formula is C11H18N4OS. The molecule has 0 aliphatic heterocycles. The Hall–Kier alpha value is -1.43. The summed E-state index contributed by atoms with van der Waals surface area (Å²) in [5, 5.41) is 6.61. The lowest BCUT2D eigenvalue weighted by Gasteiger charge is -2.23. The maximum absolute atomic E-state index is 12.2. The number of rotatable bonds is 5. The lowest BCUT2D eigenvalue weighted by atomic mass is 10.1. The zero-order valence-electron chi connectivity index (χ0n) is 10.4. The molecule has 0 bridgehead atoms. The number of hydrogen-bond donors (Lipinski definition) is 2. The third-order valence-corrected chi connectivity index (χ3v) is 3.11. The van der Waals surface area contributed by atoms with Crippen molar-refractivity contribution in [1.29, 1.82) is 0 Å². The first-order valence-corrected chi connectivity index (χ1v) is 5.96. The predicted octanol–water partition coefficient (Wildman–Crippen LogP) is 1.10. The van der Waals surface area contributed by atoms with Gasteiger partial charge in [-0.05, 0) is 13.8 Å². The molecule has 5 nitrogen and oxygen atoms in total. The number of nitrogens with two attached hydrogens (primary N) is 1. The van der Waals surface area contributed by atoms with Crippen molar-refractivity contribution >= 4 is 23.1 Å². The van der Waals surface area contributed by atoms with Crippen molar-refractivity contribution in [1.82, 2.24) is 15.1 Å². The molecule has 94 valence electrons. The van der Waals surface area contributed by atoms with Gasteiger partial charge in [0.25, 0.3) is 5.91 Å². The summed E-state index contributed by atoms with van der Waals surface area (Å²) in [6.07, 6.45) is 1.55. The van der Waals surface area contributed by atoms with Crippen molar-refractivity contribution in [2.24, 2.45) is 11.7 Å². The fraction of sp³-hybridized carbons (Fsp3) is 0.545. The molecule has 1 amide bonds. The highest BCUT2D eigenvalue weighted by atomic mass is 32.1. The number of carbonyl (C=O) groups excluding carboxylic acids is 1. The van der Waals surface area contributed by atoms with Gasteiger partial charge in [0.15, 0.2) is 0 Å². The molecule has 0 saturated carbocycles. The molecule has 3 N–H and O–H groups in total. The second-order valence-electron chi connectivity index (χ2n) is 4.06. The summed E-state index contributed by atoms with van der Waals surface area (Å²) in [4.78, 5) is 14.4. The van der Waals surface area contributed by atoms with Gasteiger partial charge in [-0.3, -0.25) is 9.89 Å². The molecule has 0 saturated heterocycles. The number of nitrogens with one attached hydrogen (secondary N) is 1. The third-order valence-electron chi connectivity index (χ3n) is 2.71. The summed E-state index contributed by atoms with van der Waals surface area (Å²) in [6, 6.07) is 0. The number of thiocarbonyl (C=S) groups is 1. The second kappa shape index (κ2) is 5.77. The summed E-state index contributed by atoms with van der Waals surface area (Å²) in [5.74, 6) is -0.0250. The Morgan fingerprint density at radius 2 is 2.35 bits per heavy atom. The number of aromatic amines is 1. The molecule has 1 aromatic heterocycles.